The van der Waals surface area contributed by atoms with Crippen molar-refractivity contribution in [3.8, 4) is 0 Å². The van der Waals surface area contributed by atoms with Gasteiger partial charge in [-0.25, -0.2) is 0 Å². The standard InChI is InChI=1S/C15H21N3O/c1-14(2,11-6-4-5-7-17-11)18-13(19)12-10-8-16-9-15(10,12)3/h4-7,10,12,16H,8-9H2,1-3H3,(H,18,19). The van der Waals surface area contributed by atoms with Crippen LogP contribution >= 0.6 is 0 Å². The second-order valence-electron chi connectivity index (χ2n) is 6.55. The Bertz CT molecular complexity index is 499. The van der Waals surface area contributed by atoms with Gasteiger partial charge in [0.25, 0.3) is 0 Å². The molecule has 3 atom stereocenters. The largest absolute Gasteiger partial charge is 0.345 e. The maximum Gasteiger partial charge on any atom is 0.224 e. The topological polar surface area (TPSA) is 54.0 Å². The van der Waals surface area contributed by atoms with Gasteiger partial charge in [-0.1, -0.05) is 13.0 Å². The molecule has 1 saturated heterocycles. The number of rotatable bonds is 3. The van der Waals surface area contributed by atoms with Crippen molar-refractivity contribution in [3.63, 3.8) is 0 Å². The smallest absolute Gasteiger partial charge is 0.224 e. The number of hydrogen-bond acceptors (Lipinski definition) is 3. The van der Waals surface area contributed by atoms with Crippen LogP contribution in [0.15, 0.2) is 24.4 Å². The molecule has 3 unspecified atom stereocenters. The first-order valence-corrected chi connectivity index (χ1v) is 6.89. The molecule has 19 heavy (non-hydrogen) atoms. The third kappa shape index (κ3) is 1.94. The molecule has 1 aromatic heterocycles. The van der Waals surface area contributed by atoms with E-state index in [1.165, 1.54) is 0 Å². The van der Waals surface area contributed by atoms with Crippen LogP contribution < -0.4 is 10.6 Å². The van der Waals surface area contributed by atoms with E-state index in [1.807, 2.05) is 32.0 Å². The minimum absolute atomic E-state index is 0.164. The molecule has 102 valence electrons. The summed E-state index contributed by atoms with van der Waals surface area (Å²) in [5.74, 6) is 0.841. The maximum atomic E-state index is 12.4. The second-order valence-corrected chi connectivity index (χ2v) is 6.55. The Hall–Kier alpha value is -1.42. The lowest BCUT2D eigenvalue weighted by Crippen LogP contribution is -2.44. The van der Waals surface area contributed by atoms with E-state index in [2.05, 4.69) is 22.5 Å². The summed E-state index contributed by atoms with van der Waals surface area (Å²) in [6.07, 6.45) is 1.76. The molecule has 0 spiro atoms. The molecular weight excluding hydrogens is 238 g/mol. The van der Waals surface area contributed by atoms with Crippen LogP contribution in [0.1, 0.15) is 26.5 Å². The summed E-state index contributed by atoms with van der Waals surface area (Å²) in [5.41, 5.74) is 0.654. The molecule has 2 heterocycles. The van der Waals surface area contributed by atoms with E-state index >= 15 is 0 Å². The number of carbonyl (C=O) groups excluding carboxylic acids is 1. The van der Waals surface area contributed by atoms with Gasteiger partial charge in [0, 0.05) is 18.7 Å². The number of piperidine rings is 1. The molecule has 2 fully saturated rings. The molecule has 2 N–H and O–H groups in total. The lowest BCUT2D eigenvalue weighted by Gasteiger charge is -2.26. The number of aromatic nitrogens is 1. The maximum absolute atomic E-state index is 12.4. The lowest BCUT2D eigenvalue weighted by atomic mass is 9.98. The van der Waals surface area contributed by atoms with Crippen molar-refractivity contribution in [3.05, 3.63) is 30.1 Å². The quantitative estimate of drug-likeness (QED) is 0.860. The number of pyridine rings is 1. The van der Waals surface area contributed by atoms with Crippen molar-refractivity contribution in [2.75, 3.05) is 13.1 Å². The summed E-state index contributed by atoms with van der Waals surface area (Å²) in [6.45, 7) is 8.14. The molecule has 0 bridgehead atoms. The van der Waals surface area contributed by atoms with Crippen molar-refractivity contribution in [1.82, 2.24) is 15.6 Å². The summed E-state index contributed by atoms with van der Waals surface area (Å²) in [7, 11) is 0. The highest BCUT2D eigenvalue weighted by Gasteiger charge is 2.67. The van der Waals surface area contributed by atoms with Gasteiger partial charge in [0.2, 0.25) is 5.91 Å². The summed E-state index contributed by atoms with van der Waals surface area (Å²) in [6, 6.07) is 5.80. The fourth-order valence-electron chi connectivity index (χ4n) is 3.41. The predicted molar refractivity (Wildman–Crippen MR) is 73.4 cm³/mol. The van der Waals surface area contributed by atoms with E-state index in [0.29, 0.717) is 5.92 Å². The van der Waals surface area contributed by atoms with Crippen molar-refractivity contribution in [2.24, 2.45) is 17.3 Å². The first-order chi connectivity index (χ1) is 8.95. The summed E-state index contributed by atoms with van der Waals surface area (Å²) >= 11 is 0. The van der Waals surface area contributed by atoms with Gasteiger partial charge < -0.3 is 10.6 Å². The van der Waals surface area contributed by atoms with Crippen molar-refractivity contribution in [2.45, 2.75) is 26.3 Å². The number of hydrogen-bond donors (Lipinski definition) is 2. The van der Waals surface area contributed by atoms with E-state index in [1.54, 1.807) is 6.20 Å². The predicted octanol–water partition coefficient (Wildman–Crippen LogP) is 1.29. The number of fused-ring (bicyclic) bond motifs is 1. The van der Waals surface area contributed by atoms with Gasteiger partial charge in [0.05, 0.1) is 11.2 Å². The van der Waals surface area contributed by atoms with E-state index in [0.717, 1.165) is 18.8 Å². The molecule has 1 aromatic rings. The molecule has 1 saturated carbocycles. The number of nitrogens with one attached hydrogen (secondary N) is 2. The Balaban J connectivity index is 1.70. The minimum Gasteiger partial charge on any atom is -0.345 e. The third-order valence-corrected chi connectivity index (χ3v) is 4.74. The van der Waals surface area contributed by atoms with Crippen molar-refractivity contribution < 1.29 is 4.79 Å². The monoisotopic (exact) mass is 259 g/mol. The van der Waals surface area contributed by atoms with Crippen LogP contribution in [-0.4, -0.2) is 24.0 Å². The third-order valence-electron chi connectivity index (χ3n) is 4.74. The van der Waals surface area contributed by atoms with E-state index in [-0.39, 0.29) is 17.2 Å². The minimum atomic E-state index is -0.418. The van der Waals surface area contributed by atoms with Gasteiger partial charge in [-0.15, -0.1) is 0 Å². The van der Waals surface area contributed by atoms with E-state index in [4.69, 9.17) is 0 Å². The first-order valence-electron chi connectivity index (χ1n) is 6.89. The summed E-state index contributed by atoms with van der Waals surface area (Å²) in [5, 5.41) is 6.51. The van der Waals surface area contributed by atoms with Crippen molar-refractivity contribution in [1.29, 1.82) is 0 Å². The number of nitrogens with zero attached hydrogens (tertiary/aromatic N) is 1. The number of carbonyl (C=O) groups is 1. The molecule has 0 radical (unpaired) electrons. The Morgan fingerprint density at radius 2 is 2.32 bits per heavy atom. The van der Waals surface area contributed by atoms with E-state index < -0.39 is 5.54 Å². The van der Waals surface area contributed by atoms with Gasteiger partial charge >= 0.3 is 0 Å². The van der Waals surface area contributed by atoms with Gasteiger partial charge in [-0.2, -0.15) is 0 Å². The molecule has 1 aliphatic carbocycles. The van der Waals surface area contributed by atoms with Gasteiger partial charge in [0.15, 0.2) is 0 Å². The zero-order chi connectivity index (χ0) is 13.7. The zero-order valence-corrected chi connectivity index (χ0v) is 11.7. The van der Waals surface area contributed by atoms with Crippen LogP contribution in [0.4, 0.5) is 0 Å². The SMILES string of the molecule is CC(C)(NC(=O)C1C2CNCC21C)c1ccccn1. The van der Waals surface area contributed by atoms with Gasteiger partial charge in [0.1, 0.15) is 0 Å². The van der Waals surface area contributed by atoms with Crippen LogP contribution in [0.3, 0.4) is 0 Å². The highest BCUT2D eigenvalue weighted by Crippen LogP contribution is 2.60. The summed E-state index contributed by atoms with van der Waals surface area (Å²) < 4.78 is 0. The molecular formula is C15H21N3O. The van der Waals surface area contributed by atoms with Crippen LogP contribution in [0.25, 0.3) is 0 Å². The second kappa shape index (κ2) is 4.04. The normalized spacial score (nSPS) is 32.8. The fraction of sp³-hybridized carbons (Fsp3) is 0.600. The lowest BCUT2D eigenvalue weighted by molar-refractivity contribution is -0.125. The van der Waals surface area contributed by atoms with Crippen molar-refractivity contribution >= 4 is 5.91 Å². The Morgan fingerprint density at radius 1 is 1.53 bits per heavy atom. The average Bonchev–Trinajstić information content (AvgIpc) is 2.77. The first kappa shape index (κ1) is 12.6. The molecule has 1 aliphatic heterocycles. The van der Waals surface area contributed by atoms with Crippen LogP contribution in [0.5, 0.6) is 0 Å². The van der Waals surface area contributed by atoms with Crippen LogP contribution in [0.2, 0.25) is 0 Å². The summed E-state index contributed by atoms with van der Waals surface area (Å²) in [4.78, 5) is 16.8. The molecule has 3 rings (SSSR count). The Morgan fingerprint density at radius 3 is 2.89 bits per heavy atom. The molecule has 2 aliphatic rings. The highest BCUT2D eigenvalue weighted by atomic mass is 16.2. The molecule has 0 aromatic carbocycles. The number of amides is 1. The van der Waals surface area contributed by atoms with E-state index in [9.17, 15) is 4.79 Å². The Labute approximate surface area is 114 Å². The van der Waals surface area contributed by atoms with Gasteiger partial charge in [-0.3, -0.25) is 9.78 Å². The average molecular weight is 259 g/mol. The Kier molecular flexibility index (Phi) is 2.68. The molecule has 1 amide bonds. The zero-order valence-electron chi connectivity index (χ0n) is 11.7. The molecule has 4 heteroatoms. The van der Waals surface area contributed by atoms with Crippen LogP contribution in [0, 0.1) is 17.3 Å². The van der Waals surface area contributed by atoms with Crippen LogP contribution in [-0.2, 0) is 10.3 Å². The van der Waals surface area contributed by atoms with Gasteiger partial charge in [-0.05, 0) is 43.9 Å². The highest BCUT2D eigenvalue weighted by molar-refractivity contribution is 5.84. The molecule has 4 nitrogen and oxygen atoms in total. The fourth-order valence-corrected chi connectivity index (χ4v) is 3.41.